The fourth-order valence-electron chi connectivity index (χ4n) is 3.54. The summed E-state index contributed by atoms with van der Waals surface area (Å²) in [5.41, 5.74) is 0.228. The highest BCUT2D eigenvalue weighted by Crippen LogP contribution is 2.58. The first kappa shape index (κ1) is 19.2. The van der Waals surface area contributed by atoms with Crippen molar-refractivity contribution in [1.29, 1.82) is 0 Å². The Morgan fingerprint density at radius 3 is 2.54 bits per heavy atom. The summed E-state index contributed by atoms with van der Waals surface area (Å²) >= 11 is 0. The third kappa shape index (κ3) is 4.29. The number of sulfone groups is 1. The molecule has 1 spiro atoms. The zero-order valence-electron chi connectivity index (χ0n) is 13.7. The van der Waals surface area contributed by atoms with Crippen LogP contribution in [-0.2, 0) is 14.6 Å². The monoisotopic (exact) mass is 372 g/mol. The molecule has 0 radical (unpaired) electrons. The lowest BCUT2D eigenvalue weighted by Crippen LogP contribution is -2.34. The van der Waals surface area contributed by atoms with Gasteiger partial charge in [-0.05, 0) is 56.3 Å². The van der Waals surface area contributed by atoms with Crippen molar-refractivity contribution >= 4 is 28.2 Å². The van der Waals surface area contributed by atoms with E-state index in [1.165, 1.54) is 0 Å². The molecule has 1 saturated heterocycles. The Balaban J connectivity index is 0.00000208. The van der Waals surface area contributed by atoms with Crippen LogP contribution in [0.4, 0.5) is 0 Å². The summed E-state index contributed by atoms with van der Waals surface area (Å²) < 4.78 is 24.3. The Hall–Kier alpha value is -1.11. The number of carbonyl (C=O) groups excluding carboxylic acids is 1. The van der Waals surface area contributed by atoms with Crippen LogP contribution in [0.25, 0.3) is 0 Å². The molecule has 7 heteroatoms. The average Bonchev–Trinajstić information content (AvgIpc) is 3.26. The lowest BCUT2D eigenvalue weighted by Gasteiger charge is -2.23. The molecule has 2 N–H and O–H groups in total. The van der Waals surface area contributed by atoms with Crippen LogP contribution >= 0.6 is 12.4 Å². The molecule has 2 fully saturated rings. The van der Waals surface area contributed by atoms with Gasteiger partial charge < -0.3 is 10.6 Å². The number of halogens is 1. The molecule has 1 unspecified atom stereocenters. The van der Waals surface area contributed by atoms with Gasteiger partial charge in [0, 0.05) is 12.5 Å². The van der Waals surface area contributed by atoms with E-state index in [1.54, 1.807) is 30.3 Å². The minimum atomic E-state index is -3.25. The van der Waals surface area contributed by atoms with E-state index in [0.29, 0.717) is 17.9 Å². The number of piperidine rings is 1. The number of rotatable bonds is 6. The van der Waals surface area contributed by atoms with Crippen molar-refractivity contribution in [3.05, 3.63) is 30.3 Å². The van der Waals surface area contributed by atoms with Gasteiger partial charge in [-0.1, -0.05) is 18.2 Å². The molecule has 5 nitrogen and oxygen atoms in total. The maximum atomic E-state index is 12.2. The largest absolute Gasteiger partial charge is 0.356 e. The predicted molar refractivity (Wildman–Crippen MR) is 96.0 cm³/mol. The first-order valence-corrected chi connectivity index (χ1v) is 9.95. The van der Waals surface area contributed by atoms with Crippen LogP contribution in [0.5, 0.6) is 0 Å². The predicted octanol–water partition coefficient (Wildman–Crippen LogP) is 1.78. The molecule has 0 bridgehead atoms. The zero-order valence-corrected chi connectivity index (χ0v) is 15.3. The van der Waals surface area contributed by atoms with Gasteiger partial charge in [0.15, 0.2) is 9.84 Å². The average molecular weight is 373 g/mol. The zero-order chi connectivity index (χ0) is 16.3. The lowest BCUT2D eigenvalue weighted by molar-refractivity contribution is -0.123. The number of carbonyl (C=O) groups is 1. The van der Waals surface area contributed by atoms with Crippen molar-refractivity contribution < 1.29 is 13.2 Å². The van der Waals surface area contributed by atoms with Crippen LogP contribution in [0.1, 0.15) is 25.7 Å². The first-order chi connectivity index (χ1) is 11.0. The summed E-state index contributed by atoms with van der Waals surface area (Å²) in [6, 6.07) is 8.46. The molecule has 0 aromatic heterocycles. The van der Waals surface area contributed by atoms with Gasteiger partial charge in [-0.15, -0.1) is 12.4 Å². The molecule has 1 aromatic carbocycles. The van der Waals surface area contributed by atoms with Crippen LogP contribution in [0, 0.1) is 11.3 Å². The van der Waals surface area contributed by atoms with Crippen LogP contribution < -0.4 is 10.6 Å². The minimum absolute atomic E-state index is 0. The van der Waals surface area contributed by atoms with E-state index in [2.05, 4.69) is 10.6 Å². The maximum absolute atomic E-state index is 12.2. The maximum Gasteiger partial charge on any atom is 0.223 e. The van der Waals surface area contributed by atoms with Gasteiger partial charge in [0.05, 0.1) is 10.6 Å². The molecular formula is C17H25ClN2O3S. The van der Waals surface area contributed by atoms with E-state index in [9.17, 15) is 13.2 Å². The summed E-state index contributed by atoms with van der Waals surface area (Å²) in [7, 11) is -3.25. The van der Waals surface area contributed by atoms with Crippen molar-refractivity contribution in [2.45, 2.75) is 30.6 Å². The molecular weight excluding hydrogens is 348 g/mol. The van der Waals surface area contributed by atoms with E-state index < -0.39 is 9.84 Å². The number of hydrogen-bond donors (Lipinski definition) is 2. The Bertz CT molecular complexity index is 658. The molecule has 1 aliphatic carbocycles. The van der Waals surface area contributed by atoms with Gasteiger partial charge in [0.2, 0.25) is 5.91 Å². The number of nitrogens with one attached hydrogen (secondary N) is 2. The molecule has 1 saturated carbocycles. The number of benzene rings is 1. The van der Waals surface area contributed by atoms with Crippen LogP contribution in [-0.4, -0.2) is 39.7 Å². The molecule has 134 valence electrons. The van der Waals surface area contributed by atoms with Crippen LogP contribution in [0.2, 0.25) is 0 Å². The molecule has 1 amide bonds. The van der Waals surface area contributed by atoms with Crippen molar-refractivity contribution in [3.63, 3.8) is 0 Å². The molecule has 1 aliphatic heterocycles. The second kappa shape index (κ2) is 7.85. The second-order valence-corrected chi connectivity index (χ2v) is 8.75. The highest BCUT2D eigenvalue weighted by molar-refractivity contribution is 7.91. The quantitative estimate of drug-likeness (QED) is 0.746. The third-order valence-corrected chi connectivity index (χ3v) is 6.91. The second-order valence-electron chi connectivity index (χ2n) is 6.65. The standard InChI is InChI=1S/C17H24N2O3S.ClH/c20-16(15-13-17(15)7-10-18-11-8-17)19-9-4-12-23(21,22)14-5-2-1-3-6-14;/h1-3,5-6,15,18H,4,7-13H2,(H,19,20);1H. The lowest BCUT2D eigenvalue weighted by atomic mass is 9.92. The normalized spacial score (nSPS) is 21.8. The summed E-state index contributed by atoms with van der Waals surface area (Å²) in [5.74, 6) is 0.302. The topological polar surface area (TPSA) is 75.3 Å². The van der Waals surface area contributed by atoms with Gasteiger partial charge in [-0.25, -0.2) is 8.42 Å². The Morgan fingerprint density at radius 1 is 1.21 bits per heavy atom. The Morgan fingerprint density at radius 2 is 1.88 bits per heavy atom. The van der Waals surface area contributed by atoms with E-state index >= 15 is 0 Å². The molecule has 1 aromatic rings. The Labute approximate surface area is 149 Å². The first-order valence-electron chi connectivity index (χ1n) is 8.30. The van der Waals surface area contributed by atoms with E-state index in [4.69, 9.17) is 0 Å². The number of hydrogen-bond acceptors (Lipinski definition) is 4. The smallest absolute Gasteiger partial charge is 0.223 e. The Kier molecular flexibility index (Phi) is 6.28. The van der Waals surface area contributed by atoms with Gasteiger partial charge in [0.1, 0.15) is 0 Å². The molecule has 2 aliphatic rings. The van der Waals surface area contributed by atoms with Crippen molar-refractivity contribution in [2.24, 2.45) is 11.3 Å². The molecule has 1 heterocycles. The van der Waals surface area contributed by atoms with Gasteiger partial charge >= 0.3 is 0 Å². The van der Waals surface area contributed by atoms with Crippen molar-refractivity contribution in [2.75, 3.05) is 25.4 Å². The van der Waals surface area contributed by atoms with Crippen LogP contribution in [0.3, 0.4) is 0 Å². The van der Waals surface area contributed by atoms with E-state index in [-0.39, 0.29) is 35.4 Å². The van der Waals surface area contributed by atoms with Gasteiger partial charge in [-0.3, -0.25) is 4.79 Å². The number of amides is 1. The summed E-state index contributed by atoms with van der Waals surface area (Å²) in [4.78, 5) is 12.5. The molecule has 1 atom stereocenters. The summed E-state index contributed by atoms with van der Waals surface area (Å²) in [5, 5.41) is 6.24. The van der Waals surface area contributed by atoms with Crippen LogP contribution in [0.15, 0.2) is 35.2 Å². The molecule has 24 heavy (non-hydrogen) atoms. The van der Waals surface area contributed by atoms with Crippen molar-refractivity contribution in [1.82, 2.24) is 10.6 Å². The van der Waals surface area contributed by atoms with Crippen molar-refractivity contribution in [3.8, 4) is 0 Å². The van der Waals surface area contributed by atoms with E-state index in [1.807, 2.05) is 0 Å². The van der Waals surface area contributed by atoms with Gasteiger partial charge in [-0.2, -0.15) is 0 Å². The SMILES string of the molecule is Cl.O=C(NCCCS(=O)(=O)c1ccccc1)C1CC12CCNCC2. The fourth-order valence-corrected chi connectivity index (χ4v) is 4.87. The third-order valence-electron chi connectivity index (χ3n) is 5.10. The highest BCUT2D eigenvalue weighted by atomic mass is 35.5. The van der Waals surface area contributed by atoms with Gasteiger partial charge in [0.25, 0.3) is 0 Å². The highest BCUT2D eigenvalue weighted by Gasteiger charge is 2.57. The fraction of sp³-hybridized carbons (Fsp3) is 0.588. The summed E-state index contributed by atoms with van der Waals surface area (Å²) in [6.45, 7) is 2.42. The summed E-state index contributed by atoms with van der Waals surface area (Å²) in [6.07, 6.45) is 3.59. The minimum Gasteiger partial charge on any atom is -0.356 e. The molecule has 3 rings (SSSR count). The van der Waals surface area contributed by atoms with E-state index in [0.717, 1.165) is 32.4 Å².